The first kappa shape index (κ1) is 21.2. The molecule has 1 aromatic rings. The van der Waals surface area contributed by atoms with Crippen LogP contribution in [0.2, 0.25) is 0 Å². The lowest BCUT2D eigenvalue weighted by atomic mass is 9.96. The maximum Gasteiger partial charge on any atom is 0.241 e. The zero-order chi connectivity index (χ0) is 19.0. The number of thioether (sulfide) groups is 1. The van der Waals surface area contributed by atoms with E-state index in [1.165, 1.54) is 0 Å². The molecule has 0 saturated carbocycles. The van der Waals surface area contributed by atoms with Gasteiger partial charge in [-0.3, -0.25) is 4.79 Å². The van der Waals surface area contributed by atoms with E-state index in [0.717, 1.165) is 25.1 Å². The van der Waals surface area contributed by atoms with Crippen molar-refractivity contribution in [3.63, 3.8) is 0 Å². The number of likely N-dealkylation sites (tertiary alicyclic amines) is 1. The van der Waals surface area contributed by atoms with Crippen LogP contribution in [0.5, 0.6) is 0 Å². The average Bonchev–Trinajstić information content (AvgIpc) is 2.66. The fourth-order valence-corrected chi connectivity index (χ4v) is 4.91. The third-order valence-electron chi connectivity index (χ3n) is 4.68. The molecular formula is C18H29N3O3S2. The molecule has 0 aliphatic carbocycles. The van der Waals surface area contributed by atoms with Gasteiger partial charge >= 0.3 is 0 Å². The number of amides is 1. The van der Waals surface area contributed by atoms with E-state index in [1.807, 2.05) is 18.2 Å². The molecule has 8 heteroatoms. The lowest BCUT2D eigenvalue weighted by Crippen LogP contribution is -2.51. The molecule has 1 heterocycles. The van der Waals surface area contributed by atoms with Crippen LogP contribution in [0.25, 0.3) is 0 Å². The van der Waals surface area contributed by atoms with E-state index in [4.69, 9.17) is 0 Å². The molecule has 1 aliphatic heterocycles. The Bertz CT molecular complexity index is 660. The van der Waals surface area contributed by atoms with Gasteiger partial charge in [-0.2, -0.15) is 16.5 Å². The first-order valence-corrected chi connectivity index (χ1v) is 11.9. The van der Waals surface area contributed by atoms with E-state index >= 15 is 0 Å². The van der Waals surface area contributed by atoms with E-state index in [0.29, 0.717) is 25.4 Å². The molecule has 6 nitrogen and oxygen atoms in total. The summed E-state index contributed by atoms with van der Waals surface area (Å²) in [7, 11) is -1.77. The predicted molar refractivity (Wildman–Crippen MR) is 107 cm³/mol. The van der Waals surface area contributed by atoms with Crippen LogP contribution in [-0.4, -0.2) is 64.0 Å². The van der Waals surface area contributed by atoms with Gasteiger partial charge in [0, 0.05) is 13.1 Å². The van der Waals surface area contributed by atoms with Crippen molar-refractivity contribution in [2.45, 2.75) is 30.2 Å². The Balaban J connectivity index is 2.06. The number of carbonyl (C=O) groups excluding carboxylic acids is 1. The van der Waals surface area contributed by atoms with Crippen LogP contribution in [0.3, 0.4) is 0 Å². The number of piperidine rings is 1. The molecule has 1 atom stereocenters. The second-order valence-corrected chi connectivity index (χ2v) is 9.29. The predicted octanol–water partition coefficient (Wildman–Crippen LogP) is 1.54. The van der Waals surface area contributed by atoms with Gasteiger partial charge in [0.25, 0.3) is 0 Å². The van der Waals surface area contributed by atoms with Gasteiger partial charge in [0.05, 0.1) is 4.90 Å². The van der Waals surface area contributed by atoms with Crippen molar-refractivity contribution >= 4 is 27.7 Å². The molecule has 1 unspecified atom stereocenters. The molecule has 2 N–H and O–H groups in total. The summed E-state index contributed by atoms with van der Waals surface area (Å²) in [6, 6.07) is 7.50. The molecule has 1 aliphatic rings. The van der Waals surface area contributed by atoms with E-state index in [1.54, 1.807) is 42.1 Å². The summed E-state index contributed by atoms with van der Waals surface area (Å²) in [5.41, 5.74) is 0. The SMILES string of the molecule is CNCC1CCN(C(=O)C(CCSC)NS(=O)(=O)c2ccccc2)CC1. The summed E-state index contributed by atoms with van der Waals surface area (Å²) < 4.78 is 27.9. The monoisotopic (exact) mass is 399 g/mol. The Kier molecular flexibility index (Phi) is 8.40. The van der Waals surface area contributed by atoms with E-state index in [9.17, 15) is 13.2 Å². The highest BCUT2D eigenvalue weighted by atomic mass is 32.2. The minimum Gasteiger partial charge on any atom is -0.341 e. The number of nitrogens with one attached hydrogen (secondary N) is 2. The van der Waals surface area contributed by atoms with Crippen molar-refractivity contribution in [3.05, 3.63) is 30.3 Å². The van der Waals surface area contributed by atoms with Gasteiger partial charge in [0.2, 0.25) is 15.9 Å². The molecule has 0 radical (unpaired) electrons. The Labute approximate surface area is 161 Å². The summed E-state index contributed by atoms with van der Waals surface area (Å²) in [6.07, 6.45) is 4.35. The van der Waals surface area contributed by atoms with E-state index in [2.05, 4.69) is 10.0 Å². The maximum atomic E-state index is 13.0. The zero-order valence-corrected chi connectivity index (χ0v) is 17.1. The molecule has 1 fully saturated rings. The van der Waals surface area contributed by atoms with Crippen LogP contribution in [0.1, 0.15) is 19.3 Å². The highest BCUT2D eigenvalue weighted by Crippen LogP contribution is 2.19. The lowest BCUT2D eigenvalue weighted by molar-refractivity contribution is -0.134. The molecular weight excluding hydrogens is 370 g/mol. The molecule has 146 valence electrons. The first-order chi connectivity index (χ1) is 12.5. The van der Waals surface area contributed by atoms with Gasteiger partial charge in [0.15, 0.2) is 0 Å². The summed E-state index contributed by atoms with van der Waals surface area (Å²) >= 11 is 1.61. The van der Waals surface area contributed by atoms with Crippen LogP contribution < -0.4 is 10.0 Å². The molecule has 1 amide bonds. The van der Waals surface area contributed by atoms with Crippen molar-refractivity contribution in [1.29, 1.82) is 0 Å². The zero-order valence-electron chi connectivity index (χ0n) is 15.5. The molecule has 1 aromatic carbocycles. The van der Waals surface area contributed by atoms with Gasteiger partial charge in [-0.1, -0.05) is 18.2 Å². The van der Waals surface area contributed by atoms with Crippen LogP contribution >= 0.6 is 11.8 Å². The highest BCUT2D eigenvalue weighted by Gasteiger charge is 2.31. The van der Waals surface area contributed by atoms with Crippen LogP contribution in [-0.2, 0) is 14.8 Å². The number of carbonyl (C=O) groups is 1. The minimum atomic E-state index is -3.71. The number of hydrogen-bond donors (Lipinski definition) is 2. The Morgan fingerprint density at radius 1 is 1.27 bits per heavy atom. The summed E-state index contributed by atoms with van der Waals surface area (Å²) in [4.78, 5) is 15.0. The summed E-state index contributed by atoms with van der Waals surface area (Å²) in [6.45, 7) is 2.33. The topological polar surface area (TPSA) is 78.5 Å². The smallest absolute Gasteiger partial charge is 0.241 e. The van der Waals surface area contributed by atoms with Gasteiger partial charge in [0.1, 0.15) is 6.04 Å². The van der Waals surface area contributed by atoms with E-state index < -0.39 is 16.1 Å². The van der Waals surface area contributed by atoms with E-state index in [-0.39, 0.29) is 10.8 Å². The number of sulfonamides is 1. The average molecular weight is 400 g/mol. The van der Waals surface area contributed by atoms with Crippen molar-refractivity contribution in [2.24, 2.45) is 5.92 Å². The number of benzene rings is 1. The number of nitrogens with zero attached hydrogens (tertiary/aromatic N) is 1. The Morgan fingerprint density at radius 3 is 2.50 bits per heavy atom. The van der Waals surface area contributed by atoms with Crippen molar-refractivity contribution in [3.8, 4) is 0 Å². The summed E-state index contributed by atoms with van der Waals surface area (Å²) in [5, 5.41) is 3.18. The Hall–Kier alpha value is -1.09. The molecule has 26 heavy (non-hydrogen) atoms. The highest BCUT2D eigenvalue weighted by molar-refractivity contribution is 7.98. The van der Waals surface area contributed by atoms with Gasteiger partial charge in [-0.25, -0.2) is 8.42 Å². The second-order valence-electron chi connectivity index (χ2n) is 6.59. The van der Waals surface area contributed by atoms with Crippen molar-refractivity contribution in [2.75, 3.05) is 38.7 Å². The summed E-state index contributed by atoms with van der Waals surface area (Å²) in [5.74, 6) is 1.19. The molecule has 1 saturated heterocycles. The van der Waals surface area contributed by atoms with Gasteiger partial charge < -0.3 is 10.2 Å². The van der Waals surface area contributed by atoms with Gasteiger partial charge in [-0.05, 0) is 62.9 Å². The second kappa shape index (κ2) is 10.3. The lowest BCUT2D eigenvalue weighted by Gasteiger charge is -2.34. The van der Waals surface area contributed by atoms with Crippen LogP contribution in [0.4, 0.5) is 0 Å². The van der Waals surface area contributed by atoms with Crippen molar-refractivity contribution < 1.29 is 13.2 Å². The molecule has 0 aromatic heterocycles. The number of hydrogen-bond acceptors (Lipinski definition) is 5. The Morgan fingerprint density at radius 2 is 1.92 bits per heavy atom. The fraction of sp³-hybridized carbons (Fsp3) is 0.611. The molecule has 0 bridgehead atoms. The number of rotatable bonds is 9. The largest absolute Gasteiger partial charge is 0.341 e. The standard InChI is InChI=1S/C18H29N3O3S2/c1-19-14-15-8-11-21(12-9-15)18(22)17(10-13-25-2)20-26(23,24)16-6-4-3-5-7-16/h3-7,15,17,19-20H,8-14H2,1-2H3. The fourth-order valence-electron chi connectivity index (χ4n) is 3.19. The molecule has 0 spiro atoms. The third kappa shape index (κ3) is 5.97. The minimum absolute atomic E-state index is 0.110. The van der Waals surface area contributed by atoms with Gasteiger partial charge in [-0.15, -0.1) is 0 Å². The van der Waals surface area contributed by atoms with Crippen LogP contribution in [0.15, 0.2) is 35.2 Å². The normalized spacial score (nSPS) is 17.2. The van der Waals surface area contributed by atoms with Crippen molar-refractivity contribution in [1.82, 2.24) is 14.9 Å². The van der Waals surface area contributed by atoms with Crippen LogP contribution in [0, 0.1) is 5.92 Å². The molecule has 2 rings (SSSR count). The quantitative estimate of drug-likeness (QED) is 0.659. The third-order valence-corrected chi connectivity index (χ3v) is 6.81. The maximum absolute atomic E-state index is 13.0. The first-order valence-electron chi connectivity index (χ1n) is 8.97.